The molecule has 1 saturated heterocycles. The fraction of sp³-hybridized carbons (Fsp3) is 0.409. The molecule has 0 saturated carbocycles. The van der Waals surface area contributed by atoms with Gasteiger partial charge in [0.1, 0.15) is 10.9 Å². The molecule has 0 aliphatic carbocycles. The number of hydrogen-bond acceptors (Lipinski definition) is 9. The molecule has 3 aromatic rings. The highest BCUT2D eigenvalue weighted by Crippen LogP contribution is 2.37. The van der Waals surface area contributed by atoms with Crippen molar-refractivity contribution in [3.8, 4) is 16.9 Å². The quantitative estimate of drug-likeness (QED) is 0.268. The average molecular weight is 506 g/mol. The number of methoxy groups -OCH3 is 1. The van der Waals surface area contributed by atoms with Crippen LogP contribution in [0.25, 0.3) is 11.1 Å². The van der Waals surface area contributed by atoms with E-state index in [1.807, 2.05) is 13.0 Å². The van der Waals surface area contributed by atoms with E-state index in [4.69, 9.17) is 21.1 Å². The second kappa shape index (κ2) is 9.92. The number of anilines is 1. The highest BCUT2D eigenvalue weighted by Gasteiger charge is 2.35. The molecule has 1 fully saturated rings. The molecule has 1 N–H and O–H groups in total. The predicted octanol–water partition coefficient (Wildman–Crippen LogP) is 5.13. The fourth-order valence-electron chi connectivity index (χ4n) is 3.62. The van der Waals surface area contributed by atoms with Gasteiger partial charge in [0.05, 0.1) is 24.5 Å². The first-order valence-electron chi connectivity index (χ1n) is 10.3. The van der Waals surface area contributed by atoms with Crippen molar-refractivity contribution in [1.29, 1.82) is 0 Å². The third kappa shape index (κ3) is 5.46. The summed E-state index contributed by atoms with van der Waals surface area (Å²) in [6.07, 6.45) is 4.10. The highest BCUT2D eigenvalue weighted by atomic mass is 35.5. The zero-order valence-electron chi connectivity index (χ0n) is 18.7. The van der Waals surface area contributed by atoms with Crippen molar-refractivity contribution in [2.75, 3.05) is 24.8 Å². The first kappa shape index (κ1) is 23.9. The smallest absolute Gasteiger partial charge is 0.259 e. The molecule has 1 atom stereocenters. The van der Waals surface area contributed by atoms with E-state index in [1.165, 1.54) is 23.7 Å². The summed E-state index contributed by atoms with van der Waals surface area (Å²) in [5.74, 6) is 1.51. The second-order valence-electron chi connectivity index (χ2n) is 8.15. The van der Waals surface area contributed by atoms with Crippen molar-refractivity contribution in [2.45, 2.75) is 37.1 Å². The minimum atomic E-state index is -0.342. The Kier molecular flexibility index (Phi) is 7.18. The van der Waals surface area contributed by atoms with E-state index < -0.39 is 0 Å². The zero-order chi connectivity index (χ0) is 23.6. The summed E-state index contributed by atoms with van der Waals surface area (Å²) < 4.78 is 12.0. The molecule has 0 unspecified atom stereocenters. The minimum absolute atomic E-state index is 0.125. The van der Waals surface area contributed by atoms with Crippen molar-refractivity contribution >= 4 is 45.7 Å². The Bertz CT molecular complexity index is 1170. The molecule has 174 valence electrons. The number of hydrogen-bond donors (Lipinski definition) is 1. The van der Waals surface area contributed by atoms with Crippen molar-refractivity contribution < 1.29 is 14.3 Å². The largest absolute Gasteiger partial charge is 0.494 e. The van der Waals surface area contributed by atoms with Gasteiger partial charge < -0.3 is 9.47 Å². The lowest BCUT2D eigenvalue weighted by Crippen LogP contribution is -2.28. The van der Waals surface area contributed by atoms with E-state index >= 15 is 0 Å². The fourth-order valence-corrected chi connectivity index (χ4v) is 5.94. The Morgan fingerprint density at radius 3 is 2.85 bits per heavy atom. The molecule has 8 nitrogen and oxygen atoms in total. The molecule has 1 amide bonds. The second-order valence-corrected chi connectivity index (χ2v) is 10.8. The van der Waals surface area contributed by atoms with Gasteiger partial charge in [0, 0.05) is 35.4 Å². The molecule has 3 aromatic heterocycles. The standard InChI is InChI=1S/C22H24ClN5O3S2/c1-12-7-14(15-8-18(23)25-10-17(15)30-4)16(9-24-12)19(29)26-20-27-28-21(33-20)32-11-13-5-6-31-22(13,2)3/h7-10,13H,5-6,11H2,1-4H3,(H,26,27,29)/t13-/m0/s1. The van der Waals surface area contributed by atoms with E-state index in [0.717, 1.165) is 28.8 Å². The number of ether oxygens (including phenoxy) is 2. The number of carbonyl (C=O) groups is 1. The van der Waals surface area contributed by atoms with Gasteiger partial charge in [-0.2, -0.15) is 0 Å². The van der Waals surface area contributed by atoms with E-state index in [2.05, 4.69) is 39.3 Å². The Labute approximate surface area is 205 Å². The van der Waals surface area contributed by atoms with Crippen LogP contribution in [0.3, 0.4) is 0 Å². The van der Waals surface area contributed by atoms with Gasteiger partial charge in [-0.05, 0) is 45.2 Å². The number of amides is 1. The number of halogens is 1. The molecule has 0 spiro atoms. The number of thioether (sulfide) groups is 1. The maximum atomic E-state index is 13.1. The molecule has 4 rings (SSSR count). The van der Waals surface area contributed by atoms with Crippen LogP contribution in [-0.4, -0.2) is 51.1 Å². The maximum Gasteiger partial charge on any atom is 0.259 e. The molecule has 11 heteroatoms. The van der Waals surface area contributed by atoms with Gasteiger partial charge in [-0.1, -0.05) is 34.7 Å². The van der Waals surface area contributed by atoms with Crippen LogP contribution >= 0.6 is 34.7 Å². The number of nitrogens with zero attached hydrogens (tertiary/aromatic N) is 4. The van der Waals surface area contributed by atoms with Crippen LogP contribution in [0.15, 0.2) is 28.9 Å². The van der Waals surface area contributed by atoms with Crippen molar-refractivity contribution in [3.63, 3.8) is 0 Å². The van der Waals surface area contributed by atoms with Crippen molar-refractivity contribution in [3.05, 3.63) is 40.9 Å². The summed E-state index contributed by atoms with van der Waals surface area (Å²) in [4.78, 5) is 21.5. The van der Waals surface area contributed by atoms with E-state index in [1.54, 1.807) is 24.9 Å². The van der Waals surface area contributed by atoms with Gasteiger partial charge in [0.2, 0.25) is 5.13 Å². The number of aromatic nitrogens is 4. The summed E-state index contributed by atoms with van der Waals surface area (Å²) in [6.45, 7) is 6.88. The van der Waals surface area contributed by atoms with Gasteiger partial charge in [0.25, 0.3) is 5.91 Å². The van der Waals surface area contributed by atoms with Crippen LogP contribution < -0.4 is 10.1 Å². The van der Waals surface area contributed by atoms with Crippen LogP contribution in [0, 0.1) is 12.8 Å². The molecular formula is C22H24ClN5O3S2. The zero-order valence-corrected chi connectivity index (χ0v) is 21.1. The summed E-state index contributed by atoms with van der Waals surface area (Å²) in [6, 6.07) is 3.48. The third-order valence-corrected chi connectivity index (χ3v) is 7.93. The van der Waals surface area contributed by atoms with Gasteiger partial charge >= 0.3 is 0 Å². The van der Waals surface area contributed by atoms with E-state index in [0.29, 0.717) is 38.6 Å². The van der Waals surface area contributed by atoms with Crippen LogP contribution in [0.4, 0.5) is 5.13 Å². The number of carbonyl (C=O) groups excluding carboxylic acids is 1. The lowest BCUT2D eigenvalue weighted by atomic mass is 9.93. The molecule has 0 radical (unpaired) electrons. The molecule has 33 heavy (non-hydrogen) atoms. The van der Waals surface area contributed by atoms with Crippen LogP contribution in [0.5, 0.6) is 5.75 Å². The van der Waals surface area contributed by atoms with E-state index in [9.17, 15) is 4.79 Å². The number of nitrogens with one attached hydrogen (secondary N) is 1. The van der Waals surface area contributed by atoms with Crippen molar-refractivity contribution in [2.24, 2.45) is 5.92 Å². The molecule has 0 bridgehead atoms. The monoisotopic (exact) mass is 505 g/mol. The minimum Gasteiger partial charge on any atom is -0.494 e. The van der Waals surface area contributed by atoms with Crippen LogP contribution in [-0.2, 0) is 4.74 Å². The van der Waals surface area contributed by atoms with Crippen LogP contribution in [0.2, 0.25) is 5.15 Å². The average Bonchev–Trinajstić information content (AvgIpc) is 3.36. The highest BCUT2D eigenvalue weighted by molar-refractivity contribution is 8.01. The number of pyridine rings is 2. The van der Waals surface area contributed by atoms with E-state index in [-0.39, 0.29) is 11.5 Å². The lowest BCUT2D eigenvalue weighted by molar-refractivity contribution is 0.0163. The number of aryl methyl sites for hydroxylation is 1. The summed E-state index contributed by atoms with van der Waals surface area (Å²) in [5.41, 5.74) is 2.30. The van der Waals surface area contributed by atoms with Gasteiger partial charge in [-0.15, -0.1) is 10.2 Å². The molecule has 4 heterocycles. The van der Waals surface area contributed by atoms with Gasteiger partial charge in [-0.3, -0.25) is 15.1 Å². The summed E-state index contributed by atoms with van der Waals surface area (Å²) in [5, 5.41) is 11.9. The normalized spacial score (nSPS) is 17.2. The predicted molar refractivity (Wildman–Crippen MR) is 130 cm³/mol. The first-order chi connectivity index (χ1) is 15.8. The first-order valence-corrected chi connectivity index (χ1v) is 12.5. The Morgan fingerprint density at radius 1 is 1.30 bits per heavy atom. The Balaban J connectivity index is 1.52. The topological polar surface area (TPSA) is 99.1 Å². The number of rotatable bonds is 7. The lowest BCUT2D eigenvalue weighted by Gasteiger charge is -2.24. The molecular weight excluding hydrogens is 482 g/mol. The maximum absolute atomic E-state index is 13.1. The SMILES string of the molecule is COc1cnc(Cl)cc1-c1cc(C)ncc1C(=O)Nc1nnc(SC[C@@H]2CCOC2(C)C)s1. The van der Waals surface area contributed by atoms with Gasteiger partial charge in [0.15, 0.2) is 4.34 Å². The molecule has 0 aromatic carbocycles. The molecule has 1 aliphatic heterocycles. The Hall–Kier alpha value is -2.27. The van der Waals surface area contributed by atoms with Gasteiger partial charge in [-0.25, -0.2) is 4.98 Å². The van der Waals surface area contributed by atoms with Crippen LogP contribution in [0.1, 0.15) is 36.3 Å². The molecule has 1 aliphatic rings. The summed E-state index contributed by atoms with van der Waals surface area (Å²) >= 11 is 9.09. The Morgan fingerprint density at radius 2 is 2.12 bits per heavy atom. The van der Waals surface area contributed by atoms with Crippen molar-refractivity contribution in [1.82, 2.24) is 20.2 Å². The third-order valence-electron chi connectivity index (χ3n) is 5.59. The summed E-state index contributed by atoms with van der Waals surface area (Å²) in [7, 11) is 1.54.